The molecule has 2 atom stereocenters. The molecule has 2 heterocycles. The molecule has 1 aliphatic heterocycles. The van der Waals surface area contributed by atoms with Gasteiger partial charge in [0, 0.05) is 35.4 Å². The average Bonchev–Trinajstić information content (AvgIpc) is 3.55. The van der Waals surface area contributed by atoms with Crippen molar-refractivity contribution >= 4 is 23.4 Å². The van der Waals surface area contributed by atoms with Crippen molar-refractivity contribution in [1.29, 1.82) is 0 Å². The molecule has 3 amide bonds. The number of nitrogens with one attached hydrogen (secondary N) is 5. The minimum absolute atomic E-state index is 0.0960. The molecule has 11 heteroatoms. The number of benzene rings is 2. The van der Waals surface area contributed by atoms with Crippen LogP contribution in [0.1, 0.15) is 72.8 Å². The normalized spacial score (nSPS) is 20.2. The maximum absolute atomic E-state index is 13.7. The molecule has 1 unspecified atom stereocenters. The molecule has 1 saturated carbocycles. The predicted octanol–water partition coefficient (Wildman–Crippen LogP) is 4.54. The highest BCUT2D eigenvalue weighted by molar-refractivity contribution is 5.94. The van der Waals surface area contributed by atoms with E-state index in [9.17, 15) is 14.7 Å². The molecular weight excluding hydrogens is 568 g/mol. The Hall–Kier alpha value is -4.35. The van der Waals surface area contributed by atoms with Gasteiger partial charge in [0.2, 0.25) is 0 Å². The van der Waals surface area contributed by atoms with Crippen molar-refractivity contribution in [2.24, 2.45) is 0 Å². The van der Waals surface area contributed by atoms with E-state index < -0.39 is 11.8 Å². The standard InChI is InChI=1S/C34H46N8O3/c1-6-29(43)35-24-14-12-23(13-15-24)32(44)37-26-18-16-25(17-19-26)36-31-27-20-42(34(2,3)30(27)39-40-31)33(45)38-28(21-41(4)5)22-10-8-7-9-11-22/h6-15,25-26,28-29,35,43H,1,16-21H2,2-5H3,(H,37,44)(H,38,45)(H2,36,39,40)/t25?,26?,28-,29?/m1/s1. The van der Waals surface area contributed by atoms with Gasteiger partial charge in [0.05, 0.1) is 23.8 Å². The molecule has 0 spiro atoms. The summed E-state index contributed by atoms with van der Waals surface area (Å²) in [5.41, 5.74) is 3.78. The second kappa shape index (κ2) is 13.7. The summed E-state index contributed by atoms with van der Waals surface area (Å²) in [5.74, 6) is 0.692. The molecule has 2 aromatic carbocycles. The molecule has 2 aliphatic rings. The lowest BCUT2D eigenvalue weighted by Crippen LogP contribution is -2.48. The predicted molar refractivity (Wildman–Crippen MR) is 177 cm³/mol. The molecule has 6 N–H and O–H groups in total. The summed E-state index contributed by atoms with van der Waals surface area (Å²) in [6, 6.07) is 17.2. The summed E-state index contributed by atoms with van der Waals surface area (Å²) < 4.78 is 0. The Morgan fingerprint density at radius 1 is 1.09 bits per heavy atom. The van der Waals surface area contributed by atoms with E-state index in [1.807, 2.05) is 63.2 Å². The van der Waals surface area contributed by atoms with Crippen LogP contribution in [-0.2, 0) is 12.1 Å². The second-order valence-corrected chi connectivity index (χ2v) is 12.8. The van der Waals surface area contributed by atoms with Crippen LogP contribution < -0.4 is 21.3 Å². The lowest BCUT2D eigenvalue weighted by atomic mass is 9.90. The van der Waals surface area contributed by atoms with Crippen LogP contribution in [0.2, 0.25) is 0 Å². The zero-order valence-corrected chi connectivity index (χ0v) is 26.6. The molecule has 5 rings (SSSR count). The monoisotopic (exact) mass is 614 g/mol. The van der Waals surface area contributed by atoms with E-state index in [1.54, 1.807) is 24.3 Å². The third kappa shape index (κ3) is 7.49. The first-order valence-electron chi connectivity index (χ1n) is 15.6. The van der Waals surface area contributed by atoms with Gasteiger partial charge in [0.1, 0.15) is 6.23 Å². The minimum Gasteiger partial charge on any atom is -0.370 e. The number of anilines is 2. The van der Waals surface area contributed by atoms with Crippen LogP contribution in [0.3, 0.4) is 0 Å². The zero-order valence-electron chi connectivity index (χ0n) is 26.6. The van der Waals surface area contributed by atoms with Crippen LogP contribution in [0.15, 0.2) is 67.3 Å². The van der Waals surface area contributed by atoms with Gasteiger partial charge in [-0.15, -0.1) is 0 Å². The van der Waals surface area contributed by atoms with Gasteiger partial charge in [-0.05, 0) is 89.5 Å². The first-order valence-corrected chi connectivity index (χ1v) is 15.6. The number of carbonyl (C=O) groups is 2. The SMILES string of the molecule is C=CC(O)Nc1ccc(C(=O)NC2CCC(Nc3n[nH]c4c3CN(C(=O)N[C@H](CN(C)C)c3ccccc3)C4(C)C)CC2)cc1. The number of nitrogens with zero attached hydrogens (tertiary/aromatic N) is 3. The van der Waals surface area contributed by atoms with Gasteiger partial charge in [0.25, 0.3) is 5.91 Å². The Morgan fingerprint density at radius 3 is 2.40 bits per heavy atom. The number of rotatable bonds is 11. The van der Waals surface area contributed by atoms with Gasteiger partial charge in [-0.25, -0.2) is 4.79 Å². The Morgan fingerprint density at radius 2 is 1.76 bits per heavy atom. The fraction of sp³-hybridized carbons (Fsp3) is 0.441. The number of hydrogen-bond donors (Lipinski definition) is 6. The van der Waals surface area contributed by atoms with Gasteiger partial charge >= 0.3 is 6.03 Å². The largest absolute Gasteiger partial charge is 0.370 e. The number of carbonyl (C=O) groups excluding carboxylic acids is 2. The first-order chi connectivity index (χ1) is 21.5. The number of hydrogen-bond acceptors (Lipinski definition) is 7. The quantitative estimate of drug-likeness (QED) is 0.138. The smallest absolute Gasteiger partial charge is 0.319 e. The number of aliphatic hydroxyl groups excluding tert-OH is 1. The Balaban J connectivity index is 1.15. The van der Waals surface area contributed by atoms with Crippen molar-refractivity contribution < 1.29 is 14.7 Å². The maximum atomic E-state index is 13.7. The van der Waals surface area contributed by atoms with Crippen molar-refractivity contribution in [3.63, 3.8) is 0 Å². The molecule has 11 nitrogen and oxygen atoms in total. The van der Waals surface area contributed by atoms with Gasteiger partial charge in [0.15, 0.2) is 5.82 Å². The zero-order chi connectivity index (χ0) is 32.1. The van der Waals surface area contributed by atoms with E-state index >= 15 is 0 Å². The number of urea groups is 1. The summed E-state index contributed by atoms with van der Waals surface area (Å²) in [4.78, 5) is 30.5. The number of fused-ring (bicyclic) bond motifs is 1. The van der Waals surface area contributed by atoms with Gasteiger partial charge < -0.3 is 36.2 Å². The summed E-state index contributed by atoms with van der Waals surface area (Å²) in [6.45, 7) is 8.79. The van der Waals surface area contributed by atoms with Crippen molar-refractivity contribution in [2.75, 3.05) is 31.3 Å². The highest BCUT2D eigenvalue weighted by atomic mass is 16.3. The highest BCUT2D eigenvalue weighted by Crippen LogP contribution is 2.41. The lowest BCUT2D eigenvalue weighted by Gasteiger charge is -2.34. The van der Waals surface area contributed by atoms with Gasteiger partial charge in [-0.2, -0.15) is 5.10 Å². The molecule has 1 aromatic heterocycles. The van der Waals surface area contributed by atoms with Crippen molar-refractivity contribution in [1.82, 2.24) is 30.6 Å². The lowest BCUT2D eigenvalue weighted by molar-refractivity contribution is 0.0926. The number of H-pyrrole nitrogens is 1. The summed E-state index contributed by atoms with van der Waals surface area (Å²) in [7, 11) is 4.01. The molecule has 3 aromatic rings. The fourth-order valence-corrected chi connectivity index (χ4v) is 6.26. The summed E-state index contributed by atoms with van der Waals surface area (Å²) in [6.07, 6.45) is 4.06. The molecule has 1 aliphatic carbocycles. The van der Waals surface area contributed by atoms with Crippen LogP contribution in [0.25, 0.3) is 0 Å². The first kappa shape index (κ1) is 32.1. The highest BCUT2D eigenvalue weighted by Gasteiger charge is 2.44. The van der Waals surface area contributed by atoms with Gasteiger partial charge in [-0.1, -0.05) is 36.9 Å². The molecule has 0 saturated heterocycles. The Bertz CT molecular complexity index is 1460. The van der Waals surface area contributed by atoms with E-state index in [1.165, 1.54) is 6.08 Å². The Labute approximate surface area is 265 Å². The topological polar surface area (TPSA) is 138 Å². The number of aliphatic hydroxyl groups is 1. The van der Waals surface area contributed by atoms with Crippen LogP contribution in [0, 0.1) is 0 Å². The van der Waals surface area contributed by atoms with Crippen LogP contribution in [0.4, 0.5) is 16.3 Å². The molecular formula is C34H46N8O3. The summed E-state index contributed by atoms with van der Waals surface area (Å²) in [5, 5.41) is 30.4. The molecule has 45 heavy (non-hydrogen) atoms. The molecule has 240 valence electrons. The van der Waals surface area contributed by atoms with E-state index in [4.69, 9.17) is 0 Å². The molecule has 0 bridgehead atoms. The van der Waals surface area contributed by atoms with E-state index in [0.29, 0.717) is 24.3 Å². The van der Waals surface area contributed by atoms with Crippen molar-refractivity contribution in [3.05, 3.63) is 89.6 Å². The van der Waals surface area contributed by atoms with E-state index in [-0.39, 0.29) is 30.1 Å². The van der Waals surface area contributed by atoms with Crippen LogP contribution in [0.5, 0.6) is 0 Å². The number of aromatic nitrogens is 2. The fourth-order valence-electron chi connectivity index (χ4n) is 6.26. The van der Waals surface area contributed by atoms with Gasteiger partial charge in [-0.3, -0.25) is 9.89 Å². The molecule has 1 fully saturated rings. The number of aromatic amines is 1. The average molecular weight is 615 g/mol. The minimum atomic E-state index is -0.841. The Kier molecular flexibility index (Phi) is 9.79. The third-order valence-corrected chi connectivity index (χ3v) is 8.85. The maximum Gasteiger partial charge on any atom is 0.319 e. The summed E-state index contributed by atoms with van der Waals surface area (Å²) >= 11 is 0. The van der Waals surface area contributed by atoms with Crippen molar-refractivity contribution in [3.8, 4) is 0 Å². The van der Waals surface area contributed by atoms with Crippen LogP contribution in [-0.4, -0.2) is 76.0 Å². The molecule has 0 radical (unpaired) electrons. The van der Waals surface area contributed by atoms with E-state index in [2.05, 4.69) is 42.9 Å². The van der Waals surface area contributed by atoms with E-state index in [0.717, 1.165) is 48.3 Å². The number of likely N-dealkylation sites (N-methyl/N-ethyl adjacent to an activating group) is 1. The van der Waals surface area contributed by atoms with Crippen molar-refractivity contribution in [2.45, 2.75) is 76.0 Å². The second-order valence-electron chi connectivity index (χ2n) is 12.8. The third-order valence-electron chi connectivity index (χ3n) is 8.85. The van der Waals surface area contributed by atoms with Crippen LogP contribution >= 0.6 is 0 Å². The number of amides is 3.